The van der Waals surface area contributed by atoms with Crippen LogP contribution in [0.2, 0.25) is 0 Å². The highest BCUT2D eigenvalue weighted by molar-refractivity contribution is 7.99. The first-order chi connectivity index (χ1) is 6.31. The van der Waals surface area contributed by atoms with Crippen molar-refractivity contribution in [1.29, 1.82) is 0 Å². The molecule has 0 fully saturated rings. The minimum Gasteiger partial charge on any atom is -0.384 e. The van der Waals surface area contributed by atoms with Crippen molar-refractivity contribution in [3.8, 4) is 0 Å². The van der Waals surface area contributed by atoms with Gasteiger partial charge in [0.05, 0.1) is 0 Å². The lowest BCUT2D eigenvalue weighted by molar-refractivity contribution is 0.158. The lowest BCUT2D eigenvalue weighted by Gasteiger charge is -2.10. The van der Waals surface area contributed by atoms with Crippen LogP contribution in [0.15, 0.2) is 0 Å². The lowest BCUT2D eigenvalue weighted by Crippen LogP contribution is -2.25. The average molecular weight is 205 g/mol. The Labute approximate surface area is 86.8 Å². The van der Waals surface area contributed by atoms with Crippen molar-refractivity contribution < 1.29 is 4.74 Å². The summed E-state index contributed by atoms with van der Waals surface area (Å²) in [4.78, 5) is 0. The van der Waals surface area contributed by atoms with Crippen molar-refractivity contribution in [3.63, 3.8) is 0 Å². The van der Waals surface area contributed by atoms with E-state index >= 15 is 0 Å². The van der Waals surface area contributed by atoms with Crippen molar-refractivity contribution >= 4 is 11.8 Å². The fraction of sp³-hybridized carbons (Fsp3) is 1.00. The zero-order valence-corrected chi connectivity index (χ0v) is 9.95. The number of ether oxygens (including phenoxy) is 1. The minimum absolute atomic E-state index is 0.629. The van der Waals surface area contributed by atoms with E-state index in [-0.39, 0.29) is 0 Å². The molecule has 0 aliphatic rings. The van der Waals surface area contributed by atoms with E-state index in [0.717, 1.165) is 19.7 Å². The molecule has 13 heavy (non-hydrogen) atoms. The van der Waals surface area contributed by atoms with Gasteiger partial charge in [-0.25, -0.2) is 0 Å². The molecule has 1 N–H and O–H groups in total. The van der Waals surface area contributed by atoms with Gasteiger partial charge in [-0.05, 0) is 36.9 Å². The molecule has 0 saturated carbocycles. The molecule has 0 spiro atoms. The summed E-state index contributed by atoms with van der Waals surface area (Å²) in [5, 5.41) is 3.44. The molecule has 0 aliphatic heterocycles. The summed E-state index contributed by atoms with van der Waals surface area (Å²) in [6.07, 6.45) is 1.28. The second kappa shape index (κ2) is 10.4. The van der Waals surface area contributed by atoms with Crippen LogP contribution < -0.4 is 5.32 Å². The predicted octanol–water partition coefficient (Wildman–Crippen LogP) is 2.00. The molecule has 0 aromatic carbocycles. The minimum atomic E-state index is 0.629. The summed E-state index contributed by atoms with van der Waals surface area (Å²) >= 11 is 2.01. The Bertz CT molecular complexity index is 101. The van der Waals surface area contributed by atoms with Gasteiger partial charge in [-0.15, -0.1) is 0 Å². The van der Waals surface area contributed by atoms with Crippen molar-refractivity contribution in [1.82, 2.24) is 5.32 Å². The molecule has 80 valence electrons. The molecular formula is C10H23NOS. The van der Waals surface area contributed by atoms with Crippen LogP contribution >= 0.6 is 11.8 Å². The van der Waals surface area contributed by atoms with Gasteiger partial charge in [-0.1, -0.05) is 13.8 Å². The normalized spacial score (nSPS) is 13.2. The number of methoxy groups -OCH3 is 1. The Morgan fingerprint density at radius 2 is 2.23 bits per heavy atom. The van der Waals surface area contributed by atoms with Crippen LogP contribution in [0.1, 0.15) is 20.3 Å². The van der Waals surface area contributed by atoms with E-state index in [9.17, 15) is 0 Å². The van der Waals surface area contributed by atoms with Crippen LogP contribution in [0.3, 0.4) is 0 Å². The summed E-state index contributed by atoms with van der Waals surface area (Å²) in [7, 11) is 1.76. The summed E-state index contributed by atoms with van der Waals surface area (Å²) in [5.74, 6) is 3.14. The zero-order valence-electron chi connectivity index (χ0n) is 9.14. The molecule has 0 aromatic heterocycles. The Kier molecular flexibility index (Phi) is 10.6. The van der Waals surface area contributed by atoms with Crippen molar-refractivity contribution in [2.45, 2.75) is 20.3 Å². The van der Waals surface area contributed by atoms with E-state index in [1.165, 1.54) is 17.9 Å². The molecule has 0 amide bonds. The van der Waals surface area contributed by atoms with E-state index < -0.39 is 0 Å². The van der Waals surface area contributed by atoms with E-state index in [0.29, 0.717) is 5.92 Å². The summed E-state index contributed by atoms with van der Waals surface area (Å²) in [6, 6.07) is 0. The monoisotopic (exact) mass is 205 g/mol. The average Bonchev–Trinajstić information content (AvgIpc) is 2.11. The van der Waals surface area contributed by atoms with Gasteiger partial charge in [0.2, 0.25) is 0 Å². The van der Waals surface area contributed by atoms with E-state index in [1.807, 2.05) is 11.8 Å². The highest BCUT2D eigenvalue weighted by Crippen LogP contribution is 1.99. The van der Waals surface area contributed by atoms with Crippen LogP contribution in [-0.2, 0) is 4.74 Å². The Balaban J connectivity index is 2.97. The highest BCUT2D eigenvalue weighted by atomic mass is 32.2. The summed E-state index contributed by atoms with van der Waals surface area (Å²) in [5.41, 5.74) is 0. The van der Waals surface area contributed by atoms with Gasteiger partial charge in [0.1, 0.15) is 0 Å². The van der Waals surface area contributed by atoms with Gasteiger partial charge >= 0.3 is 0 Å². The van der Waals surface area contributed by atoms with Crippen molar-refractivity contribution in [2.75, 3.05) is 38.3 Å². The lowest BCUT2D eigenvalue weighted by atomic mass is 10.2. The molecular weight excluding hydrogens is 182 g/mol. The van der Waals surface area contributed by atoms with Gasteiger partial charge in [0.25, 0.3) is 0 Å². The van der Waals surface area contributed by atoms with Crippen LogP contribution in [0.25, 0.3) is 0 Å². The van der Waals surface area contributed by atoms with Gasteiger partial charge in [-0.3, -0.25) is 0 Å². The largest absolute Gasteiger partial charge is 0.384 e. The Morgan fingerprint density at radius 1 is 1.46 bits per heavy atom. The molecule has 3 heteroatoms. The predicted molar refractivity (Wildman–Crippen MR) is 61.5 cm³/mol. The molecule has 1 unspecified atom stereocenters. The van der Waals surface area contributed by atoms with Crippen LogP contribution in [0, 0.1) is 5.92 Å². The second-order valence-electron chi connectivity index (χ2n) is 3.32. The standard InChI is InChI=1S/C10H23NOS/c1-4-13-7-5-6-11-8-10(2)9-12-3/h10-11H,4-9H2,1-3H3. The van der Waals surface area contributed by atoms with Gasteiger partial charge in [0.15, 0.2) is 0 Å². The third kappa shape index (κ3) is 10.2. The quantitative estimate of drug-likeness (QED) is 0.582. The summed E-state index contributed by atoms with van der Waals surface area (Å²) < 4.78 is 5.06. The maximum atomic E-state index is 5.06. The number of hydrogen-bond acceptors (Lipinski definition) is 3. The fourth-order valence-corrected chi connectivity index (χ4v) is 1.77. The molecule has 0 heterocycles. The van der Waals surface area contributed by atoms with Crippen LogP contribution in [0.5, 0.6) is 0 Å². The smallest absolute Gasteiger partial charge is 0.0499 e. The first-order valence-electron chi connectivity index (χ1n) is 5.08. The Morgan fingerprint density at radius 3 is 2.85 bits per heavy atom. The SMILES string of the molecule is CCSCCCNCC(C)COC. The zero-order chi connectivity index (χ0) is 9.94. The molecule has 0 radical (unpaired) electrons. The maximum absolute atomic E-state index is 5.06. The number of rotatable bonds is 9. The number of thioether (sulfide) groups is 1. The molecule has 2 nitrogen and oxygen atoms in total. The van der Waals surface area contributed by atoms with E-state index in [2.05, 4.69) is 19.2 Å². The molecule has 0 aliphatic carbocycles. The molecule has 0 rings (SSSR count). The Hall–Kier alpha value is 0.270. The maximum Gasteiger partial charge on any atom is 0.0499 e. The second-order valence-corrected chi connectivity index (χ2v) is 4.71. The molecule has 0 aromatic rings. The first-order valence-corrected chi connectivity index (χ1v) is 6.24. The third-order valence-electron chi connectivity index (χ3n) is 1.79. The first kappa shape index (κ1) is 13.3. The van der Waals surface area contributed by atoms with E-state index in [1.54, 1.807) is 7.11 Å². The highest BCUT2D eigenvalue weighted by Gasteiger charge is 1.99. The third-order valence-corrected chi connectivity index (χ3v) is 2.78. The number of nitrogens with one attached hydrogen (secondary N) is 1. The molecule has 1 atom stereocenters. The van der Waals surface area contributed by atoms with Crippen LogP contribution in [0.4, 0.5) is 0 Å². The fourth-order valence-electron chi connectivity index (χ4n) is 1.14. The van der Waals surface area contributed by atoms with Gasteiger partial charge < -0.3 is 10.1 Å². The molecule has 0 bridgehead atoms. The van der Waals surface area contributed by atoms with Crippen molar-refractivity contribution in [3.05, 3.63) is 0 Å². The summed E-state index contributed by atoms with van der Waals surface area (Å²) in [6.45, 7) is 7.48. The number of hydrogen-bond donors (Lipinski definition) is 1. The van der Waals surface area contributed by atoms with Gasteiger partial charge in [0, 0.05) is 13.7 Å². The topological polar surface area (TPSA) is 21.3 Å². The van der Waals surface area contributed by atoms with E-state index in [4.69, 9.17) is 4.74 Å². The van der Waals surface area contributed by atoms with Gasteiger partial charge in [-0.2, -0.15) is 11.8 Å². The molecule has 0 saturated heterocycles. The van der Waals surface area contributed by atoms with Crippen molar-refractivity contribution in [2.24, 2.45) is 5.92 Å². The van der Waals surface area contributed by atoms with Crippen LogP contribution in [-0.4, -0.2) is 38.3 Å².